The number of hydrogen-bond acceptors (Lipinski definition) is 3. The molecule has 0 saturated heterocycles. The molecule has 7 aromatic carbocycles. The third-order valence-corrected chi connectivity index (χ3v) is 10.7. The van der Waals surface area contributed by atoms with Gasteiger partial charge in [0.15, 0.2) is 5.82 Å². The van der Waals surface area contributed by atoms with Gasteiger partial charge in [0.05, 0.1) is 11.4 Å². The van der Waals surface area contributed by atoms with Crippen LogP contribution in [0.1, 0.15) is 25.0 Å². The van der Waals surface area contributed by atoms with Crippen molar-refractivity contribution < 1.29 is 4.42 Å². The summed E-state index contributed by atoms with van der Waals surface area (Å²) in [5.41, 5.74) is 16.7. The van der Waals surface area contributed by atoms with Gasteiger partial charge in [-0.25, -0.2) is 9.97 Å². The lowest BCUT2D eigenvalue weighted by Gasteiger charge is -2.22. The Balaban J connectivity index is 1.00. The van der Waals surface area contributed by atoms with Crippen molar-refractivity contribution in [2.45, 2.75) is 19.3 Å². The maximum atomic E-state index is 6.15. The van der Waals surface area contributed by atoms with Gasteiger partial charge in [-0.1, -0.05) is 159 Å². The predicted octanol–water partition coefficient (Wildman–Crippen LogP) is 13.0. The van der Waals surface area contributed by atoms with Crippen molar-refractivity contribution in [1.82, 2.24) is 9.97 Å². The van der Waals surface area contributed by atoms with Crippen molar-refractivity contribution in [3.8, 4) is 67.3 Å². The Morgan fingerprint density at radius 3 is 1.77 bits per heavy atom. The first kappa shape index (κ1) is 30.3. The first-order valence-electron chi connectivity index (χ1n) is 17.8. The molecule has 0 saturated carbocycles. The van der Waals surface area contributed by atoms with Crippen LogP contribution >= 0.6 is 0 Å². The second kappa shape index (κ2) is 11.8. The van der Waals surface area contributed by atoms with Crippen molar-refractivity contribution in [2.24, 2.45) is 0 Å². The van der Waals surface area contributed by atoms with Crippen LogP contribution in [0.15, 0.2) is 174 Å². The van der Waals surface area contributed by atoms with Gasteiger partial charge in [-0.3, -0.25) is 0 Å². The quantitative estimate of drug-likeness (QED) is 0.183. The Morgan fingerprint density at radius 1 is 0.404 bits per heavy atom. The molecule has 2 aromatic heterocycles. The standard InChI is InChI=1S/C49H34N2O/c1-49(2)41-16-8-6-13-38(41)39-28-27-36(29-42(39)49)44-30-43(50-48(51-44)35-11-4-3-5-12-35)34-25-21-32(22-26-34)31-19-23-33(24-20-31)37-15-10-18-46-47(37)40-14-7-9-17-45(40)52-46/h3-30H,1-2H3. The summed E-state index contributed by atoms with van der Waals surface area (Å²) in [5.74, 6) is 0.719. The smallest absolute Gasteiger partial charge is 0.160 e. The molecule has 1 aliphatic rings. The molecule has 52 heavy (non-hydrogen) atoms. The molecular weight excluding hydrogens is 633 g/mol. The zero-order valence-electron chi connectivity index (χ0n) is 29.0. The minimum atomic E-state index is -0.0882. The zero-order valence-corrected chi connectivity index (χ0v) is 29.0. The Morgan fingerprint density at radius 2 is 0.981 bits per heavy atom. The number of furan rings is 1. The van der Waals surface area contributed by atoms with E-state index in [9.17, 15) is 0 Å². The molecule has 0 N–H and O–H groups in total. The molecule has 1 aliphatic carbocycles. The number of benzene rings is 7. The third-order valence-electron chi connectivity index (χ3n) is 10.7. The number of nitrogens with zero attached hydrogens (tertiary/aromatic N) is 2. The maximum absolute atomic E-state index is 6.15. The molecule has 3 heteroatoms. The van der Waals surface area contributed by atoms with Crippen LogP contribution < -0.4 is 0 Å². The molecule has 0 amide bonds. The highest BCUT2D eigenvalue weighted by molar-refractivity contribution is 6.12. The summed E-state index contributed by atoms with van der Waals surface area (Å²) < 4.78 is 6.15. The van der Waals surface area contributed by atoms with Crippen molar-refractivity contribution >= 4 is 21.9 Å². The van der Waals surface area contributed by atoms with Crippen molar-refractivity contribution in [1.29, 1.82) is 0 Å². The van der Waals surface area contributed by atoms with E-state index < -0.39 is 0 Å². The first-order valence-corrected chi connectivity index (χ1v) is 17.8. The number of rotatable bonds is 5. The van der Waals surface area contributed by atoms with Gasteiger partial charge in [0.1, 0.15) is 11.2 Å². The summed E-state index contributed by atoms with van der Waals surface area (Å²) in [7, 11) is 0. The van der Waals surface area contributed by atoms with Crippen molar-refractivity contribution in [3.63, 3.8) is 0 Å². The Hall–Kier alpha value is -6.58. The van der Waals surface area contributed by atoms with E-state index in [4.69, 9.17) is 14.4 Å². The molecule has 0 fully saturated rings. The van der Waals surface area contributed by atoms with Crippen molar-refractivity contribution in [3.05, 3.63) is 181 Å². The summed E-state index contributed by atoms with van der Waals surface area (Å²) >= 11 is 0. The highest BCUT2D eigenvalue weighted by atomic mass is 16.3. The average molecular weight is 667 g/mol. The van der Waals surface area contributed by atoms with Gasteiger partial charge in [0, 0.05) is 32.9 Å². The summed E-state index contributed by atoms with van der Waals surface area (Å²) in [4.78, 5) is 10.2. The topological polar surface area (TPSA) is 38.9 Å². The van der Waals surface area contributed by atoms with E-state index in [1.54, 1.807) is 0 Å². The summed E-state index contributed by atoms with van der Waals surface area (Å²) in [6, 6.07) is 60.0. The second-order valence-electron chi connectivity index (χ2n) is 14.2. The third kappa shape index (κ3) is 4.89. The monoisotopic (exact) mass is 666 g/mol. The minimum Gasteiger partial charge on any atom is -0.456 e. The number of fused-ring (bicyclic) bond motifs is 6. The molecule has 0 aliphatic heterocycles. The fraction of sp³-hybridized carbons (Fsp3) is 0.0612. The molecule has 0 unspecified atom stereocenters. The summed E-state index contributed by atoms with van der Waals surface area (Å²) in [5, 5.41) is 2.30. The van der Waals surface area contributed by atoms with Gasteiger partial charge in [0.2, 0.25) is 0 Å². The van der Waals surface area contributed by atoms with Gasteiger partial charge < -0.3 is 4.42 Å². The molecule has 2 heterocycles. The fourth-order valence-corrected chi connectivity index (χ4v) is 8.01. The molecule has 0 bridgehead atoms. The molecular formula is C49H34N2O. The summed E-state index contributed by atoms with van der Waals surface area (Å²) in [6.45, 7) is 4.64. The molecule has 0 atom stereocenters. The van der Waals surface area contributed by atoms with E-state index in [1.807, 2.05) is 36.4 Å². The lowest BCUT2D eigenvalue weighted by Crippen LogP contribution is -2.14. The van der Waals surface area contributed by atoms with Gasteiger partial charge in [-0.15, -0.1) is 0 Å². The van der Waals surface area contributed by atoms with E-state index in [0.29, 0.717) is 0 Å². The van der Waals surface area contributed by atoms with Crippen LogP contribution in [0.4, 0.5) is 0 Å². The molecule has 9 aromatic rings. The lowest BCUT2D eigenvalue weighted by molar-refractivity contribution is 0.660. The Kier molecular flexibility index (Phi) is 6.84. The van der Waals surface area contributed by atoms with Crippen LogP contribution in [0.5, 0.6) is 0 Å². The maximum Gasteiger partial charge on any atom is 0.160 e. The molecule has 3 nitrogen and oxygen atoms in total. The Bertz CT molecular complexity index is 2790. The average Bonchev–Trinajstić information content (AvgIpc) is 3.70. The number of para-hydroxylation sites is 1. The van der Waals surface area contributed by atoms with E-state index in [1.165, 1.54) is 33.4 Å². The molecule has 0 spiro atoms. The van der Waals surface area contributed by atoms with Gasteiger partial charge >= 0.3 is 0 Å². The molecule has 246 valence electrons. The Labute approximate surface area is 302 Å². The molecule has 0 radical (unpaired) electrons. The van der Waals surface area contributed by atoms with E-state index in [0.717, 1.165) is 67.0 Å². The van der Waals surface area contributed by atoms with Gasteiger partial charge in [-0.05, 0) is 68.8 Å². The van der Waals surface area contributed by atoms with Crippen LogP contribution in [0.3, 0.4) is 0 Å². The van der Waals surface area contributed by atoms with E-state index in [2.05, 4.69) is 147 Å². The fourth-order valence-electron chi connectivity index (χ4n) is 8.01. The second-order valence-corrected chi connectivity index (χ2v) is 14.2. The van der Waals surface area contributed by atoms with Crippen LogP contribution in [-0.2, 0) is 5.41 Å². The van der Waals surface area contributed by atoms with Crippen LogP contribution in [0.2, 0.25) is 0 Å². The highest BCUT2D eigenvalue weighted by Crippen LogP contribution is 2.49. The van der Waals surface area contributed by atoms with Crippen molar-refractivity contribution in [2.75, 3.05) is 0 Å². The number of hydrogen-bond donors (Lipinski definition) is 0. The van der Waals surface area contributed by atoms with E-state index >= 15 is 0 Å². The minimum absolute atomic E-state index is 0.0882. The number of aromatic nitrogens is 2. The summed E-state index contributed by atoms with van der Waals surface area (Å²) in [6.07, 6.45) is 0. The largest absolute Gasteiger partial charge is 0.456 e. The van der Waals surface area contributed by atoms with Gasteiger partial charge in [-0.2, -0.15) is 0 Å². The SMILES string of the molecule is CC1(C)c2ccccc2-c2ccc(-c3cc(-c4ccc(-c5ccc(-c6cccc7oc8ccccc8c67)cc5)cc4)nc(-c4ccccc4)n3)cc21. The van der Waals surface area contributed by atoms with Crippen LogP contribution in [0, 0.1) is 0 Å². The lowest BCUT2D eigenvalue weighted by atomic mass is 9.82. The highest BCUT2D eigenvalue weighted by Gasteiger charge is 2.35. The van der Waals surface area contributed by atoms with Crippen LogP contribution in [0.25, 0.3) is 89.2 Å². The normalized spacial score (nSPS) is 13.0. The molecule has 10 rings (SSSR count). The van der Waals surface area contributed by atoms with Crippen LogP contribution in [-0.4, -0.2) is 9.97 Å². The first-order chi connectivity index (χ1) is 25.5. The van der Waals surface area contributed by atoms with Gasteiger partial charge in [0.25, 0.3) is 0 Å². The van der Waals surface area contributed by atoms with E-state index in [-0.39, 0.29) is 5.41 Å². The predicted molar refractivity (Wildman–Crippen MR) is 214 cm³/mol. The zero-order chi connectivity index (χ0) is 34.8.